The van der Waals surface area contributed by atoms with E-state index in [0.29, 0.717) is 6.61 Å². The van der Waals surface area contributed by atoms with Crippen LogP contribution >= 0.6 is 11.3 Å². The Morgan fingerprint density at radius 3 is 2.82 bits per heavy atom. The van der Waals surface area contributed by atoms with Crippen LogP contribution in [0.2, 0.25) is 0 Å². The SMILES string of the molecule is OCC1(CNCc2cc3ccccc3s2)CC1. The van der Waals surface area contributed by atoms with Crippen LogP contribution in [0.3, 0.4) is 0 Å². The third-order valence-corrected chi connectivity index (χ3v) is 4.68. The van der Waals surface area contributed by atoms with Crippen LogP contribution in [0, 0.1) is 5.41 Å². The van der Waals surface area contributed by atoms with Gasteiger partial charge in [0, 0.05) is 34.7 Å². The van der Waals surface area contributed by atoms with E-state index in [9.17, 15) is 5.11 Å². The van der Waals surface area contributed by atoms with Crippen molar-refractivity contribution in [3.63, 3.8) is 0 Å². The monoisotopic (exact) mass is 247 g/mol. The van der Waals surface area contributed by atoms with Crippen LogP contribution in [0.25, 0.3) is 10.1 Å². The Bertz CT molecular complexity index is 483. The summed E-state index contributed by atoms with van der Waals surface area (Å²) in [5, 5.41) is 14.0. The number of fused-ring (bicyclic) bond motifs is 1. The molecule has 1 aliphatic carbocycles. The lowest BCUT2D eigenvalue weighted by Crippen LogP contribution is -2.25. The molecule has 0 saturated heterocycles. The van der Waals surface area contributed by atoms with Gasteiger partial charge in [0.1, 0.15) is 0 Å². The highest BCUT2D eigenvalue weighted by Crippen LogP contribution is 2.44. The van der Waals surface area contributed by atoms with Crippen LogP contribution in [-0.4, -0.2) is 18.3 Å². The molecule has 3 heteroatoms. The Hall–Kier alpha value is -0.900. The highest BCUT2D eigenvalue weighted by Gasteiger charge is 2.41. The quantitative estimate of drug-likeness (QED) is 0.851. The van der Waals surface area contributed by atoms with Crippen molar-refractivity contribution < 1.29 is 5.11 Å². The molecule has 3 rings (SSSR count). The van der Waals surface area contributed by atoms with Crippen LogP contribution in [0.5, 0.6) is 0 Å². The summed E-state index contributed by atoms with van der Waals surface area (Å²) in [7, 11) is 0. The smallest absolute Gasteiger partial charge is 0.0499 e. The summed E-state index contributed by atoms with van der Waals surface area (Å²) >= 11 is 1.85. The Labute approximate surface area is 105 Å². The summed E-state index contributed by atoms with van der Waals surface area (Å²) in [4.78, 5) is 1.37. The van der Waals surface area contributed by atoms with Crippen molar-refractivity contribution in [3.8, 4) is 0 Å². The van der Waals surface area contributed by atoms with Crippen molar-refractivity contribution in [3.05, 3.63) is 35.2 Å². The maximum atomic E-state index is 9.23. The normalized spacial score (nSPS) is 17.5. The molecule has 2 nitrogen and oxygen atoms in total. The summed E-state index contributed by atoms with van der Waals surface area (Å²) in [5.74, 6) is 0. The molecule has 1 heterocycles. The maximum Gasteiger partial charge on any atom is 0.0499 e. The van der Waals surface area contributed by atoms with Crippen LogP contribution in [0.4, 0.5) is 0 Å². The van der Waals surface area contributed by atoms with E-state index in [2.05, 4.69) is 35.6 Å². The predicted octanol–water partition coefficient (Wildman–Crippen LogP) is 2.76. The number of nitrogens with one attached hydrogen (secondary N) is 1. The zero-order chi connectivity index (χ0) is 11.7. The molecule has 1 saturated carbocycles. The second kappa shape index (κ2) is 4.41. The van der Waals surface area contributed by atoms with Crippen molar-refractivity contribution in [1.29, 1.82) is 0 Å². The van der Waals surface area contributed by atoms with Gasteiger partial charge in [-0.1, -0.05) is 18.2 Å². The molecule has 1 aliphatic rings. The molecule has 0 atom stereocenters. The fraction of sp³-hybridized carbons (Fsp3) is 0.429. The molecule has 2 aromatic rings. The van der Waals surface area contributed by atoms with E-state index in [1.54, 1.807) is 0 Å². The van der Waals surface area contributed by atoms with E-state index in [0.717, 1.165) is 13.1 Å². The number of hydrogen-bond acceptors (Lipinski definition) is 3. The van der Waals surface area contributed by atoms with Crippen molar-refractivity contribution >= 4 is 21.4 Å². The van der Waals surface area contributed by atoms with Gasteiger partial charge >= 0.3 is 0 Å². The number of rotatable bonds is 5. The molecule has 1 fully saturated rings. The number of thiophene rings is 1. The van der Waals surface area contributed by atoms with Gasteiger partial charge in [0.2, 0.25) is 0 Å². The van der Waals surface area contributed by atoms with Crippen LogP contribution in [-0.2, 0) is 6.54 Å². The minimum atomic E-state index is 0.205. The van der Waals surface area contributed by atoms with E-state index in [1.807, 2.05) is 11.3 Å². The van der Waals surface area contributed by atoms with Crippen LogP contribution in [0.1, 0.15) is 17.7 Å². The topological polar surface area (TPSA) is 32.3 Å². The largest absolute Gasteiger partial charge is 0.396 e. The average molecular weight is 247 g/mol. The van der Waals surface area contributed by atoms with Crippen molar-refractivity contribution in [2.24, 2.45) is 5.41 Å². The number of aliphatic hydroxyl groups excluding tert-OH is 1. The minimum Gasteiger partial charge on any atom is -0.396 e. The molecule has 0 radical (unpaired) electrons. The molecule has 0 amide bonds. The zero-order valence-corrected chi connectivity index (χ0v) is 10.6. The fourth-order valence-corrected chi connectivity index (χ4v) is 3.18. The third kappa shape index (κ3) is 2.37. The molecule has 0 aliphatic heterocycles. The van der Waals surface area contributed by atoms with Gasteiger partial charge in [-0.2, -0.15) is 0 Å². The van der Waals surface area contributed by atoms with Crippen molar-refractivity contribution in [2.75, 3.05) is 13.2 Å². The second-order valence-electron chi connectivity index (χ2n) is 5.01. The Balaban J connectivity index is 1.61. The lowest BCUT2D eigenvalue weighted by Gasteiger charge is -2.11. The molecule has 0 unspecified atom stereocenters. The highest BCUT2D eigenvalue weighted by molar-refractivity contribution is 7.19. The van der Waals surface area contributed by atoms with Gasteiger partial charge in [0.05, 0.1) is 0 Å². The van der Waals surface area contributed by atoms with E-state index in [1.165, 1.54) is 27.8 Å². The number of hydrogen-bond donors (Lipinski definition) is 2. The van der Waals surface area contributed by atoms with Crippen LogP contribution < -0.4 is 5.32 Å². The first-order chi connectivity index (χ1) is 8.31. The van der Waals surface area contributed by atoms with Gasteiger partial charge < -0.3 is 10.4 Å². The molecule has 1 aromatic heterocycles. The van der Waals surface area contributed by atoms with Gasteiger partial charge in [0.25, 0.3) is 0 Å². The maximum absolute atomic E-state index is 9.23. The van der Waals surface area contributed by atoms with Crippen molar-refractivity contribution in [2.45, 2.75) is 19.4 Å². The summed E-state index contributed by atoms with van der Waals surface area (Å²) in [6.45, 7) is 2.19. The van der Waals surface area contributed by atoms with Gasteiger partial charge in [-0.3, -0.25) is 0 Å². The van der Waals surface area contributed by atoms with Gasteiger partial charge in [-0.05, 0) is 30.4 Å². The van der Waals surface area contributed by atoms with Crippen LogP contribution in [0.15, 0.2) is 30.3 Å². The molecule has 1 aromatic carbocycles. The van der Waals surface area contributed by atoms with Crippen molar-refractivity contribution in [1.82, 2.24) is 5.32 Å². The summed E-state index contributed by atoms with van der Waals surface area (Å²) in [6, 6.07) is 10.7. The molecular formula is C14H17NOS. The molecule has 2 N–H and O–H groups in total. The van der Waals surface area contributed by atoms with Gasteiger partial charge in [0.15, 0.2) is 0 Å². The highest BCUT2D eigenvalue weighted by atomic mass is 32.1. The predicted molar refractivity (Wildman–Crippen MR) is 72.3 cm³/mol. The lowest BCUT2D eigenvalue weighted by molar-refractivity contribution is 0.207. The van der Waals surface area contributed by atoms with E-state index < -0.39 is 0 Å². The fourth-order valence-electron chi connectivity index (χ4n) is 2.14. The zero-order valence-electron chi connectivity index (χ0n) is 9.78. The molecule has 17 heavy (non-hydrogen) atoms. The summed E-state index contributed by atoms with van der Waals surface area (Å²) < 4.78 is 1.35. The van der Waals surface area contributed by atoms with E-state index in [-0.39, 0.29) is 5.41 Å². The Morgan fingerprint density at radius 2 is 2.12 bits per heavy atom. The molecule has 90 valence electrons. The lowest BCUT2D eigenvalue weighted by atomic mass is 10.1. The first kappa shape index (κ1) is 11.2. The Morgan fingerprint density at radius 1 is 1.29 bits per heavy atom. The first-order valence-electron chi connectivity index (χ1n) is 6.10. The molecular weight excluding hydrogens is 230 g/mol. The summed E-state index contributed by atoms with van der Waals surface area (Å²) in [5.41, 5.74) is 0.205. The standard InChI is InChI=1S/C14H17NOS/c16-10-14(5-6-14)9-15-8-12-7-11-3-1-2-4-13(11)17-12/h1-4,7,15-16H,5-6,8-10H2. The van der Waals surface area contributed by atoms with Gasteiger partial charge in [-0.25, -0.2) is 0 Å². The molecule has 0 bridgehead atoms. The number of benzene rings is 1. The summed E-state index contributed by atoms with van der Waals surface area (Å²) in [6.07, 6.45) is 2.34. The van der Waals surface area contributed by atoms with E-state index in [4.69, 9.17) is 0 Å². The number of aliphatic hydroxyl groups is 1. The second-order valence-corrected chi connectivity index (χ2v) is 6.18. The Kier molecular flexibility index (Phi) is 2.90. The first-order valence-corrected chi connectivity index (χ1v) is 6.92. The third-order valence-electron chi connectivity index (χ3n) is 3.57. The average Bonchev–Trinajstić information content (AvgIpc) is 3.01. The minimum absolute atomic E-state index is 0.205. The molecule has 0 spiro atoms. The van der Waals surface area contributed by atoms with Gasteiger partial charge in [-0.15, -0.1) is 11.3 Å². The van der Waals surface area contributed by atoms with E-state index >= 15 is 0 Å².